The predicted octanol–water partition coefficient (Wildman–Crippen LogP) is 5.30. The van der Waals surface area contributed by atoms with Gasteiger partial charge in [0.15, 0.2) is 11.5 Å². The first-order valence-electron chi connectivity index (χ1n) is 8.49. The lowest BCUT2D eigenvalue weighted by Gasteiger charge is -2.13. The molecule has 0 aromatic heterocycles. The van der Waals surface area contributed by atoms with Crippen molar-refractivity contribution < 1.29 is 19.0 Å². The molecule has 0 spiro atoms. The molecule has 0 saturated carbocycles. The maximum absolute atomic E-state index is 12.7. The Labute approximate surface area is 166 Å². The second kappa shape index (κ2) is 9.24. The van der Waals surface area contributed by atoms with E-state index in [0.29, 0.717) is 29.4 Å². The van der Waals surface area contributed by atoms with E-state index in [9.17, 15) is 4.79 Å². The topological polar surface area (TPSA) is 44.8 Å². The fourth-order valence-electron chi connectivity index (χ4n) is 2.57. The van der Waals surface area contributed by atoms with Crippen LogP contribution in [0.5, 0.6) is 17.2 Å². The highest BCUT2D eigenvalue weighted by molar-refractivity contribution is 9.10. The van der Waals surface area contributed by atoms with Crippen molar-refractivity contribution in [1.29, 1.82) is 0 Å². The molecule has 0 unspecified atom stereocenters. The molecule has 0 radical (unpaired) electrons. The van der Waals surface area contributed by atoms with E-state index in [4.69, 9.17) is 14.2 Å². The van der Waals surface area contributed by atoms with Crippen LogP contribution in [0.1, 0.15) is 15.9 Å². The summed E-state index contributed by atoms with van der Waals surface area (Å²) in [7, 11) is 1.53. The van der Waals surface area contributed by atoms with Gasteiger partial charge in [0, 0.05) is 10.9 Å². The first-order chi connectivity index (χ1) is 13.2. The zero-order valence-corrected chi connectivity index (χ0v) is 16.4. The molecular formula is C22H19BrO4. The van der Waals surface area contributed by atoms with Crippen LogP contribution >= 0.6 is 15.9 Å². The van der Waals surface area contributed by atoms with Crippen LogP contribution in [0.3, 0.4) is 0 Å². The SMILES string of the molecule is COc1ccccc1OC(=O)c1cc(Br)ccc1OCCc1ccccc1. The fourth-order valence-corrected chi connectivity index (χ4v) is 2.93. The van der Waals surface area contributed by atoms with Gasteiger partial charge in [-0.2, -0.15) is 0 Å². The number of methoxy groups -OCH3 is 1. The highest BCUT2D eigenvalue weighted by atomic mass is 79.9. The summed E-state index contributed by atoms with van der Waals surface area (Å²) < 4.78 is 17.4. The van der Waals surface area contributed by atoms with Gasteiger partial charge < -0.3 is 14.2 Å². The maximum atomic E-state index is 12.7. The van der Waals surface area contributed by atoms with Gasteiger partial charge in [-0.25, -0.2) is 4.79 Å². The third-order valence-electron chi connectivity index (χ3n) is 3.92. The molecule has 0 atom stereocenters. The lowest BCUT2D eigenvalue weighted by molar-refractivity contribution is 0.0725. The molecule has 3 aromatic rings. The number of carbonyl (C=O) groups is 1. The molecule has 3 rings (SSSR count). The Kier molecular flexibility index (Phi) is 6.49. The molecule has 0 bridgehead atoms. The van der Waals surface area contributed by atoms with Gasteiger partial charge in [-0.05, 0) is 35.9 Å². The number of benzene rings is 3. The highest BCUT2D eigenvalue weighted by Gasteiger charge is 2.17. The average Bonchev–Trinajstić information content (AvgIpc) is 2.70. The minimum atomic E-state index is -0.504. The zero-order chi connectivity index (χ0) is 19.1. The van der Waals surface area contributed by atoms with Crippen LogP contribution in [0.4, 0.5) is 0 Å². The number of halogens is 1. The van der Waals surface area contributed by atoms with Crippen molar-refractivity contribution in [3.63, 3.8) is 0 Å². The summed E-state index contributed by atoms with van der Waals surface area (Å²) in [6.45, 7) is 0.459. The first kappa shape index (κ1) is 19.0. The normalized spacial score (nSPS) is 10.3. The lowest BCUT2D eigenvalue weighted by atomic mass is 10.1. The van der Waals surface area contributed by atoms with Gasteiger partial charge in [0.25, 0.3) is 0 Å². The molecule has 0 aliphatic rings. The number of esters is 1. The van der Waals surface area contributed by atoms with Crippen LogP contribution in [0.2, 0.25) is 0 Å². The number of ether oxygens (including phenoxy) is 3. The van der Waals surface area contributed by atoms with E-state index in [1.54, 1.807) is 30.3 Å². The Balaban J connectivity index is 1.74. The number of hydrogen-bond acceptors (Lipinski definition) is 4. The third kappa shape index (κ3) is 5.11. The van der Waals surface area contributed by atoms with E-state index < -0.39 is 5.97 Å². The van der Waals surface area contributed by atoms with Crippen molar-refractivity contribution in [2.24, 2.45) is 0 Å². The Morgan fingerprint density at radius 3 is 2.33 bits per heavy atom. The summed E-state index contributed by atoms with van der Waals surface area (Å²) in [6.07, 6.45) is 0.748. The molecule has 5 heteroatoms. The molecule has 4 nitrogen and oxygen atoms in total. The van der Waals surface area contributed by atoms with Crippen LogP contribution in [0.15, 0.2) is 77.3 Å². The van der Waals surface area contributed by atoms with Crippen LogP contribution in [0.25, 0.3) is 0 Å². The predicted molar refractivity (Wildman–Crippen MR) is 108 cm³/mol. The number of carbonyl (C=O) groups excluding carboxylic acids is 1. The average molecular weight is 427 g/mol. The number of hydrogen-bond donors (Lipinski definition) is 0. The van der Waals surface area contributed by atoms with Crippen molar-refractivity contribution >= 4 is 21.9 Å². The Morgan fingerprint density at radius 1 is 0.889 bits per heavy atom. The number of rotatable bonds is 7. The minimum Gasteiger partial charge on any atom is -0.493 e. The maximum Gasteiger partial charge on any atom is 0.347 e. The summed E-state index contributed by atoms with van der Waals surface area (Å²) in [4.78, 5) is 12.7. The quantitative estimate of drug-likeness (QED) is 0.379. The molecule has 0 aliphatic heterocycles. The van der Waals surface area contributed by atoms with Crippen LogP contribution in [-0.2, 0) is 6.42 Å². The van der Waals surface area contributed by atoms with Gasteiger partial charge in [-0.1, -0.05) is 58.4 Å². The summed E-state index contributed by atoms with van der Waals surface area (Å²) in [6, 6.07) is 22.3. The molecule has 0 aliphatic carbocycles. The highest BCUT2D eigenvalue weighted by Crippen LogP contribution is 2.29. The second-order valence-corrected chi connectivity index (χ2v) is 6.68. The lowest BCUT2D eigenvalue weighted by Crippen LogP contribution is -2.12. The minimum absolute atomic E-state index is 0.350. The zero-order valence-electron chi connectivity index (χ0n) is 14.9. The summed E-state index contributed by atoms with van der Waals surface area (Å²) in [5.41, 5.74) is 1.52. The van der Waals surface area contributed by atoms with Gasteiger partial charge in [0.2, 0.25) is 0 Å². The van der Waals surface area contributed by atoms with E-state index in [0.717, 1.165) is 10.9 Å². The molecular weight excluding hydrogens is 408 g/mol. The standard InChI is InChI=1S/C22H19BrO4/c1-25-20-9-5-6-10-21(20)27-22(24)18-15-17(23)11-12-19(18)26-14-13-16-7-3-2-4-8-16/h2-12,15H,13-14H2,1H3. The van der Waals surface area contributed by atoms with Gasteiger partial charge in [0.05, 0.1) is 13.7 Å². The molecule has 138 valence electrons. The van der Waals surface area contributed by atoms with Crippen LogP contribution in [-0.4, -0.2) is 19.7 Å². The third-order valence-corrected chi connectivity index (χ3v) is 4.42. The van der Waals surface area contributed by atoms with Gasteiger partial charge >= 0.3 is 5.97 Å². The smallest absolute Gasteiger partial charge is 0.347 e. The number of para-hydroxylation sites is 2. The van der Waals surface area contributed by atoms with E-state index in [1.165, 1.54) is 12.7 Å². The Morgan fingerprint density at radius 2 is 1.59 bits per heavy atom. The molecule has 27 heavy (non-hydrogen) atoms. The van der Waals surface area contributed by atoms with Crippen molar-refractivity contribution in [2.45, 2.75) is 6.42 Å². The molecule has 0 amide bonds. The molecule has 0 fully saturated rings. The van der Waals surface area contributed by atoms with Gasteiger partial charge in [-0.3, -0.25) is 0 Å². The van der Waals surface area contributed by atoms with Crippen LogP contribution < -0.4 is 14.2 Å². The van der Waals surface area contributed by atoms with Crippen molar-refractivity contribution in [3.05, 3.63) is 88.4 Å². The Bertz CT molecular complexity index is 909. The van der Waals surface area contributed by atoms with Gasteiger partial charge in [-0.15, -0.1) is 0 Å². The fraction of sp³-hybridized carbons (Fsp3) is 0.136. The first-order valence-corrected chi connectivity index (χ1v) is 9.28. The van der Waals surface area contributed by atoms with Crippen LogP contribution in [0, 0.1) is 0 Å². The largest absolute Gasteiger partial charge is 0.493 e. The summed E-state index contributed by atoms with van der Waals surface area (Å²) in [5.74, 6) is 0.831. The van der Waals surface area contributed by atoms with Crippen molar-refractivity contribution in [1.82, 2.24) is 0 Å². The summed E-state index contributed by atoms with van der Waals surface area (Å²) >= 11 is 3.40. The molecule has 0 N–H and O–H groups in total. The van der Waals surface area contributed by atoms with E-state index >= 15 is 0 Å². The van der Waals surface area contributed by atoms with E-state index in [2.05, 4.69) is 15.9 Å². The molecule has 0 saturated heterocycles. The van der Waals surface area contributed by atoms with E-state index in [1.807, 2.05) is 42.5 Å². The summed E-state index contributed by atoms with van der Waals surface area (Å²) in [5, 5.41) is 0. The Hall–Kier alpha value is -2.79. The van der Waals surface area contributed by atoms with E-state index in [-0.39, 0.29) is 0 Å². The molecule has 3 aromatic carbocycles. The molecule has 0 heterocycles. The monoisotopic (exact) mass is 426 g/mol. The van der Waals surface area contributed by atoms with Crippen molar-refractivity contribution in [2.75, 3.05) is 13.7 Å². The van der Waals surface area contributed by atoms with Gasteiger partial charge in [0.1, 0.15) is 11.3 Å². The van der Waals surface area contributed by atoms with Crippen molar-refractivity contribution in [3.8, 4) is 17.2 Å². The second-order valence-electron chi connectivity index (χ2n) is 5.76.